The van der Waals surface area contributed by atoms with Crippen LogP contribution in [0, 0.1) is 0 Å². The maximum Gasteiger partial charge on any atom is 0.166 e. The lowest BCUT2D eigenvalue weighted by molar-refractivity contribution is 0.180. The highest BCUT2D eigenvalue weighted by Crippen LogP contribution is 2.35. The lowest BCUT2D eigenvalue weighted by Crippen LogP contribution is -2.00. The van der Waals surface area contributed by atoms with E-state index in [1.807, 2.05) is 6.07 Å². The Balaban J connectivity index is 3.25. The van der Waals surface area contributed by atoms with E-state index in [1.165, 1.54) is 5.56 Å². The van der Waals surface area contributed by atoms with E-state index >= 15 is 0 Å². The maximum absolute atomic E-state index is 5.35. The zero-order chi connectivity index (χ0) is 12.1. The van der Waals surface area contributed by atoms with Crippen LogP contribution in [0.25, 0.3) is 0 Å². The molecule has 0 unspecified atom stereocenters. The van der Waals surface area contributed by atoms with Crippen LogP contribution in [-0.4, -0.2) is 21.3 Å². The molecule has 3 nitrogen and oxygen atoms in total. The molecule has 0 amide bonds. The molecule has 1 rings (SSSR count). The molecule has 0 atom stereocenters. The van der Waals surface area contributed by atoms with Crippen LogP contribution in [0.1, 0.15) is 30.9 Å². The molecule has 0 aliphatic carbocycles. The van der Waals surface area contributed by atoms with E-state index in [4.69, 9.17) is 14.2 Å². The summed E-state index contributed by atoms with van der Waals surface area (Å²) < 4.78 is 15.9. The van der Waals surface area contributed by atoms with Crippen LogP contribution in [-0.2, 0) is 11.3 Å². The van der Waals surface area contributed by atoms with Crippen molar-refractivity contribution in [1.29, 1.82) is 0 Å². The number of methoxy groups -OCH3 is 3. The van der Waals surface area contributed by atoms with Gasteiger partial charge in [-0.05, 0) is 23.6 Å². The highest BCUT2D eigenvalue weighted by Gasteiger charge is 2.13. The van der Waals surface area contributed by atoms with Crippen LogP contribution in [0.4, 0.5) is 0 Å². The molecule has 3 heteroatoms. The van der Waals surface area contributed by atoms with Gasteiger partial charge in [-0.2, -0.15) is 0 Å². The molecule has 16 heavy (non-hydrogen) atoms. The fraction of sp³-hybridized carbons (Fsp3) is 0.538. The van der Waals surface area contributed by atoms with Gasteiger partial charge in [0.25, 0.3) is 0 Å². The molecule has 0 fully saturated rings. The molecular weight excluding hydrogens is 204 g/mol. The Bertz CT molecular complexity index is 345. The first-order chi connectivity index (χ1) is 7.63. The third-order valence-electron chi connectivity index (χ3n) is 2.54. The van der Waals surface area contributed by atoms with Crippen LogP contribution in [0.2, 0.25) is 0 Å². The van der Waals surface area contributed by atoms with Crippen LogP contribution in [0.3, 0.4) is 0 Å². The summed E-state index contributed by atoms with van der Waals surface area (Å²) in [5.41, 5.74) is 2.25. The Morgan fingerprint density at radius 1 is 1.06 bits per heavy atom. The summed E-state index contributed by atoms with van der Waals surface area (Å²) in [5, 5.41) is 0. The number of benzene rings is 1. The summed E-state index contributed by atoms with van der Waals surface area (Å²) in [4.78, 5) is 0. The molecular formula is C13H20O3. The van der Waals surface area contributed by atoms with Crippen molar-refractivity contribution in [2.45, 2.75) is 26.4 Å². The van der Waals surface area contributed by atoms with Gasteiger partial charge in [0.05, 0.1) is 20.8 Å². The number of rotatable bonds is 5. The third-order valence-corrected chi connectivity index (χ3v) is 2.54. The van der Waals surface area contributed by atoms with Crippen LogP contribution in [0.15, 0.2) is 12.1 Å². The second kappa shape index (κ2) is 5.75. The Morgan fingerprint density at radius 2 is 1.75 bits per heavy atom. The molecule has 0 aromatic heterocycles. The zero-order valence-corrected chi connectivity index (χ0v) is 10.7. The van der Waals surface area contributed by atoms with Crippen molar-refractivity contribution in [3.05, 3.63) is 23.3 Å². The van der Waals surface area contributed by atoms with E-state index in [2.05, 4.69) is 19.9 Å². The minimum Gasteiger partial charge on any atom is -0.493 e. The molecule has 1 aromatic carbocycles. The number of hydrogen-bond donors (Lipinski definition) is 0. The predicted octanol–water partition coefficient (Wildman–Crippen LogP) is 2.97. The van der Waals surface area contributed by atoms with E-state index in [0.717, 1.165) is 17.1 Å². The van der Waals surface area contributed by atoms with E-state index in [1.54, 1.807) is 21.3 Å². The van der Waals surface area contributed by atoms with E-state index < -0.39 is 0 Å². The molecule has 0 N–H and O–H groups in total. The molecule has 0 bridgehead atoms. The Morgan fingerprint density at radius 3 is 2.19 bits per heavy atom. The predicted molar refractivity (Wildman–Crippen MR) is 64.3 cm³/mol. The van der Waals surface area contributed by atoms with E-state index in [-0.39, 0.29) is 0 Å². The van der Waals surface area contributed by atoms with Crippen molar-refractivity contribution < 1.29 is 14.2 Å². The maximum atomic E-state index is 5.35. The molecule has 0 heterocycles. The van der Waals surface area contributed by atoms with Gasteiger partial charge in [-0.1, -0.05) is 13.8 Å². The summed E-state index contributed by atoms with van der Waals surface area (Å²) in [6.07, 6.45) is 0. The van der Waals surface area contributed by atoms with Crippen molar-refractivity contribution >= 4 is 0 Å². The lowest BCUT2D eigenvalue weighted by atomic mass is 9.99. The fourth-order valence-corrected chi connectivity index (χ4v) is 1.66. The van der Waals surface area contributed by atoms with Gasteiger partial charge in [-0.15, -0.1) is 0 Å². The first-order valence-corrected chi connectivity index (χ1v) is 5.37. The Hall–Kier alpha value is -1.22. The SMILES string of the molecule is COCc1cc(C(C)C)cc(OC)c1OC. The first-order valence-electron chi connectivity index (χ1n) is 5.37. The average molecular weight is 224 g/mol. The van der Waals surface area contributed by atoms with Crippen LogP contribution in [0.5, 0.6) is 11.5 Å². The van der Waals surface area contributed by atoms with Crippen LogP contribution >= 0.6 is 0 Å². The summed E-state index contributed by atoms with van der Waals surface area (Å²) in [6.45, 7) is 4.83. The zero-order valence-electron chi connectivity index (χ0n) is 10.7. The molecule has 1 aromatic rings. The summed E-state index contributed by atoms with van der Waals surface area (Å²) in [6, 6.07) is 4.12. The third kappa shape index (κ3) is 2.67. The molecule has 0 saturated carbocycles. The second-order valence-electron chi connectivity index (χ2n) is 4.00. The van der Waals surface area contributed by atoms with Crippen molar-refractivity contribution in [2.24, 2.45) is 0 Å². The Labute approximate surface area is 97.3 Å². The van der Waals surface area contributed by atoms with Crippen molar-refractivity contribution in [3.63, 3.8) is 0 Å². The number of ether oxygens (including phenoxy) is 3. The van der Waals surface area contributed by atoms with Gasteiger partial charge < -0.3 is 14.2 Å². The quantitative estimate of drug-likeness (QED) is 0.769. The minimum absolute atomic E-state index is 0.454. The largest absolute Gasteiger partial charge is 0.493 e. The van der Waals surface area contributed by atoms with Gasteiger partial charge >= 0.3 is 0 Å². The normalized spacial score (nSPS) is 10.6. The topological polar surface area (TPSA) is 27.7 Å². The highest BCUT2D eigenvalue weighted by atomic mass is 16.5. The van der Waals surface area contributed by atoms with Gasteiger partial charge in [-0.25, -0.2) is 0 Å². The Kier molecular flexibility index (Phi) is 4.62. The molecule has 0 aliphatic rings. The number of hydrogen-bond acceptors (Lipinski definition) is 3. The smallest absolute Gasteiger partial charge is 0.166 e. The monoisotopic (exact) mass is 224 g/mol. The molecule has 0 saturated heterocycles. The van der Waals surface area contributed by atoms with Crippen molar-refractivity contribution in [1.82, 2.24) is 0 Å². The van der Waals surface area contributed by atoms with Crippen molar-refractivity contribution in [3.8, 4) is 11.5 Å². The summed E-state index contributed by atoms with van der Waals surface area (Å²) in [5.74, 6) is 1.98. The van der Waals surface area contributed by atoms with E-state index in [0.29, 0.717) is 12.5 Å². The average Bonchev–Trinajstić information content (AvgIpc) is 2.28. The second-order valence-corrected chi connectivity index (χ2v) is 4.00. The van der Waals surface area contributed by atoms with Crippen molar-refractivity contribution in [2.75, 3.05) is 21.3 Å². The minimum atomic E-state index is 0.454. The molecule has 0 aliphatic heterocycles. The molecule has 0 spiro atoms. The van der Waals surface area contributed by atoms with Gasteiger partial charge in [0, 0.05) is 12.7 Å². The lowest BCUT2D eigenvalue weighted by Gasteiger charge is -2.16. The van der Waals surface area contributed by atoms with Gasteiger partial charge in [-0.3, -0.25) is 0 Å². The summed E-state index contributed by atoms with van der Waals surface area (Å²) in [7, 11) is 4.97. The standard InChI is InChI=1S/C13H20O3/c1-9(2)10-6-11(8-14-3)13(16-5)12(7-10)15-4/h6-7,9H,8H2,1-5H3. The molecule has 90 valence electrons. The molecule has 0 radical (unpaired) electrons. The fourth-order valence-electron chi connectivity index (χ4n) is 1.66. The van der Waals surface area contributed by atoms with Crippen LogP contribution < -0.4 is 9.47 Å². The van der Waals surface area contributed by atoms with Gasteiger partial charge in [0.15, 0.2) is 11.5 Å². The van der Waals surface area contributed by atoms with Gasteiger partial charge in [0.1, 0.15) is 0 Å². The van der Waals surface area contributed by atoms with E-state index in [9.17, 15) is 0 Å². The highest BCUT2D eigenvalue weighted by molar-refractivity contribution is 5.50. The summed E-state index contributed by atoms with van der Waals surface area (Å²) >= 11 is 0. The first kappa shape index (κ1) is 12.8. The van der Waals surface area contributed by atoms with Gasteiger partial charge in [0.2, 0.25) is 0 Å².